The Balaban J connectivity index is 2.31. The zero-order valence-electron chi connectivity index (χ0n) is 11.0. The Bertz CT molecular complexity index is 646. The van der Waals surface area contributed by atoms with E-state index in [2.05, 4.69) is 26.2 Å². The highest BCUT2D eigenvalue weighted by Crippen LogP contribution is 2.27. The molecular weight excluding hydrogens is 342 g/mol. The summed E-state index contributed by atoms with van der Waals surface area (Å²) in [4.78, 5) is 18.4. The highest BCUT2D eigenvalue weighted by atomic mass is 79.9. The molecule has 0 fully saturated rings. The number of hydrogen-bond donors (Lipinski definition) is 1. The van der Waals surface area contributed by atoms with Gasteiger partial charge in [0, 0.05) is 24.8 Å². The van der Waals surface area contributed by atoms with Gasteiger partial charge in [-0.25, -0.2) is 4.98 Å². The molecule has 20 heavy (non-hydrogen) atoms. The molecule has 0 spiro atoms. The number of anilines is 2. The molecule has 0 bridgehead atoms. The molecule has 1 N–H and O–H groups in total. The van der Waals surface area contributed by atoms with E-state index in [1.54, 1.807) is 36.5 Å². The number of benzene rings is 1. The van der Waals surface area contributed by atoms with E-state index < -0.39 is 0 Å². The molecule has 4 nitrogen and oxygen atoms in total. The molecule has 0 aliphatic heterocycles. The summed E-state index contributed by atoms with van der Waals surface area (Å²) in [5, 5.41) is 3.22. The third-order valence-electron chi connectivity index (χ3n) is 2.65. The molecule has 6 heteroatoms. The number of rotatable bonds is 3. The third kappa shape index (κ3) is 3.11. The van der Waals surface area contributed by atoms with Gasteiger partial charge in [0.2, 0.25) is 0 Å². The smallest absolute Gasteiger partial charge is 0.257 e. The largest absolute Gasteiger partial charge is 0.361 e. The van der Waals surface area contributed by atoms with Gasteiger partial charge in [-0.1, -0.05) is 17.7 Å². The van der Waals surface area contributed by atoms with Gasteiger partial charge in [0.15, 0.2) is 5.82 Å². The highest BCUT2D eigenvalue weighted by molar-refractivity contribution is 9.10. The van der Waals surface area contributed by atoms with Crippen molar-refractivity contribution in [3.05, 3.63) is 51.6 Å². The van der Waals surface area contributed by atoms with Crippen LogP contribution in [0.4, 0.5) is 11.5 Å². The Labute approximate surface area is 130 Å². The molecule has 2 rings (SSSR count). The Morgan fingerprint density at radius 3 is 2.75 bits per heavy atom. The van der Waals surface area contributed by atoms with Crippen molar-refractivity contribution in [3.63, 3.8) is 0 Å². The van der Waals surface area contributed by atoms with Crippen LogP contribution < -0.4 is 10.2 Å². The summed E-state index contributed by atoms with van der Waals surface area (Å²) in [6.45, 7) is 0. The van der Waals surface area contributed by atoms with Gasteiger partial charge in [0.1, 0.15) is 0 Å². The van der Waals surface area contributed by atoms with Gasteiger partial charge in [-0.15, -0.1) is 0 Å². The maximum Gasteiger partial charge on any atom is 0.257 e. The molecule has 0 saturated carbocycles. The molecule has 1 aromatic heterocycles. The number of carbonyl (C=O) groups is 1. The van der Waals surface area contributed by atoms with E-state index in [0.717, 1.165) is 0 Å². The fourth-order valence-corrected chi connectivity index (χ4v) is 2.30. The lowest BCUT2D eigenvalue weighted by Gasteiger charge is -2.16. The monoisotopic (exact) mass is 353 g/mol. The number of amides is 1. The van der Waals surface area contributed by atoms with Crippen LogP contribution in [0.3, 0.4) is 0 Å². The van der Waals surface area contributed by atoms with Gasteiger partial charge in [-0.2, -0.15) is 0 Å². The second-order valence-electron chi connectivity index (χ2n) is 4.32. The molecule has 2 aromatic rings. The lowest BCUT2D eigenvalue weighted by molar-refractivity contribution is 0.102. The molecular formula is C14H13BrClN3O. The first-order valence-electron chi connectivity index (χ1n) is 5.88. The number of nitrogens with zero attached hydrogens (tertiary/aromatic N) is 2. The summed E-state index contributed by atoms with van der Waals surface area (Å²) < 4.78 is 0.686. The van der Waals surface area contributed by atoms with Crippen molar-refractivity contribution in [2.75, 3.05) is 24.3 Å². The topological polar surface area (TPSA) is 45.2 Å². The SMILES string of the molecule is CN(C)c1ncccc1NC(=O)c1cccc(Br)c1Cl. The van der Waals surface area contributed by atoms with Crippen molar-refractivity contribution in [3.8, 4) is 0 Å². The van der Waals surface area contributed by atoms with E-state index in [4.69, 9.17) is 11.6 Å². The Hall–Kier alpha value is -1.59. The second-order valence-corrected chi connectivity index (χ2v) is 5.56. The van der Waals surface area contributed by atoms with Crippen LogP contribution in [0.15, 0.2) is 41.0 Å². The van der Waals surface area contributed by atoms with Crippen LogP contribution in [-0.2, 0) is 0 Å². The number of halogens is 2. The first-order chi connectivity index (χ1) is 9.50. The predicted molar refractivity (Wildman–Crippen MR) is 85.7 cm³/mol. The van der Waals surface area contributed by atoms with Gasteiger partial charge in [0.25, 0.3) is 5.91 Å². The molecule has 0 atom stereocenters. The number of aromatic nitrogens is 1. The first kappa shape index (κ1) is 14.8. The first-order valence-corrected chi connectivity index (χ1v) is 7.05. The average Bonchev–Trinajstić information content (AvgIpc) is 2.42. The molecule has 0 aliphatic rings. The molecule has 1 amide bonds. The van der Waals surface area contributed by atoms with E-state index in [9.17, 15) is 4.79 Å². The average molecular weight is 355 g/mol. The minimum atomic E-state index is -0.271. The van der Waals surface area contributed by atoms with E-state index in [-0.39, 0.29) is 5.91 Å². The van der Waals surface area contributed by atoms with E-state index >= 15 is 0 Å². The fraction of sp³-hybridized carbons (Fsp3) is 0.143. The van der Waals surface area contributed by atoms with Gasteiger partial charge < -0.3 is 10.2 Å². The van der Waals surface area contributed by atoms with Crippen LogP contribution in [0.2, 0.25) is 5.02 Å². The standard InChI is InChI=1S/C14H13BrClN3O/c1-19(2)13-11(7-4-8-17-13)18-14(20)9-5-3-6-10(15)12(9)16/h3-8H,1-2H3,(H,18,20). The van der Waals surface area contributed by atoms with Crippen molar-refractivity contribution in [1.29, 1.82) is 0 Å². The maximum absolute atomic E-state index is 12.3. The summed E-state index contributed by atoms with van der Waals surface area (Å²) in [6, 6.07) is 8.79. The molecule has 0 radical (unpaired) electrons. The van der Waals surface area contributed by atoms with Crippen LogP contribution in [0, 0.1) is 0 Å². The van der Waals surface area contributed by atoms with E-state index in [0.29, 0.717) is 26.6 Å². The van der Waals surface area contributed by atoms with E-state index in [1.807, 2.05) is 19.0 Å². The molecule has 0 unspecified atom stereocenters. The number of pyridine rings is 1. The molecule has 0 aliphatic carbocycles. The van der Waals surface area contributed by atoms with Crippen LogP contribution >= 0.6 is 27.5 Å². The molecule has 1 heterocycles. The third-order valence-corrected chi connectivity index (χ3v) is 3.95. The summed E-state index contributed by atoms with van der Waals surface area (Å²) >= 11 is 9.43. The number of carbonyl (C=O) groups excluding carboxylic acids is 1. The van der Waals surface area contributed by atoms with Gasteiger partial charge in [0.05, 0.1) is 16.3 Å². The normalized spacial score (nSPS) is 10.2. The van der Waals surface area contributed by atoms with Gasteiger partial charge in [-0.05, 0) is 40.2 Å². The lowest BCUT2D eigenvalue weighted by atomic mass is 10.2. The van der Waals surface area contributed by atoms with Crippen LogP contribution in [0.5, 0.6) is 0 Å². The van der Waals surface area contributed by atoms with Gasteiger partial charge >= 0.3 is 0 Å². The zero-order chi connectivity index (χ0) is 14.7. The minimum absolute atomic E-state index is 0.271. The molecule has 104 valence electrons. The van der Waals surface area contributed by atoms with Crippen molar-refractivity contribution in [2.45, 2.75) is 0 Å². The van der Waals surface area contributed by atoms with Crippen LogP contribution in [-0.4, -0.2) is 25.0 Å². The second kappa shape index (κ2) is 6.24. The predicted octanol–water partition coefficient (Wildman–Crippen LogP) is 3.82. The van der Waals surface area contributed by atoms with Crippen LogP contribution in [0.25, 0.3) is 0 Å². The van der Waals surface area contributed by atoms with Crippen molar-refractivity contribution < 1.29 is 4.79 Å². The summed E-state index contributed by atoms with van der Waals surface area (Å²) in [5.41, 5.74) is 1.05. The summed E-state index contributed by atoms with van der Waals surface area (Å²) in [7, 11) is 3.73. The highest BCUT2D eigenvalue weighted by Gasteiger charge is 2.15. The van der Waals surface area contributed by atoms with E-state index in [1.165, 1.54) is 0 Å². The maximum atomic E-state index is 12.3. The number of hydrogen-bond acceptors (Lipinski definition) is 3. The fourth-order valence-electron chi connectivity index (χ4n) is 1.72. The number of nitrogens with one attached hydrogen (secondary N) is 1. The minimum Gasteiger partial charge on any atom is -0.361 e. The van der Waals surface area contributed by atoms with Crippen LogP contribution in [0.1, 0.15) is 10.4 Å². The Morgan fingerprint density at radius 1 is 1.30 bits per heavy atom. The Morgan fingerprint density at radius 2 is 2.05 bits per heavy atom. The van der Waals surface area contributed by atoms with Crippen molar-refractivity contribution >= 4 is 44.9 Å². The molecule has 1 aromatic carbocycles. The van der Waals surface area contributed by atoms with Crippen molar-refractivity contribution in [2.24, 2.45) is 0 Å². The summed E-state index contributed by atoms with van der Waals surface area (Å²) in [6.07, 6.45) is 1.68. The van der Waals surface area contributed by atoms with Crippen molar-refractivity contribution in [1.82, 2.24) is 4.98 Å². The summed E-state index contributed by atoms with van der Waals surface area (Å²) in [5.74, 6) is 0.416. The lowest BCUT2D eigenvalue weighted by Crippen LogP contribution is -2.18. The van der Waals surface area contributed by atoms with Gasteiger partial charge in [-0.3, -0.25) is 4.79 Å². The Kier molecular flexibility index (Phi) is 4.62. The zero-order valence-corrected chi connectivity index (χ0v) is 13.4. The quantitative estimate of drug-likeness (QED) is 0.911. The molecule has 0 saturated heterocycles.